The summed E-state index contributed by atoms with van der Waals surface area (Å²) in [7, 11) is 1.62. The van der Waals surface area contributed by atoms with Crippen LogP contribution in [0, 0.1) is 0 Å². The Morgan fingerprint density at radius 3 is 2.67 bits per heavy atom. The molecular weight excluding hydrogens is 389 g/mol. The molecule has 0 aromatic heterocycles. The van der Waals surface area contributed by atoms with Gasteiger partial charge < -0.3 is 20.7 Å². The quantitative estimate of drug-likeness (QED) is 0.550. The average molecular weight is 410 g/mol. The van der Waals surface area contributed by atoms with Gasteiger partial charge in [-0.15, -0.1) is 0 Å². The Morgan fingerprint density at radius 2 is 1.93 bits per heavy atom. The molecule has 27 heavy (non-hydrogen) atoms. The number of ether oxygens (including phenoxy) is 1. The van der Waals surface area contributed by atoms with Crippen LogP contribution in [0.5, 0.6) is 0 Å². The zero-order chi connectivity index (χ0) is 19.6. The summed E-state index contributed by atoms with van der Waals surface area (Å²) in [6.45, 7) is 1.15. The molecule has 8 heteroatoms. The number of benzene rings is 2. The van der Waals surface area contributed by atoms with Crippen LogP contribution in [0.15, 0.2) is 42.5 Å². The van der Waals surface area contributed by atoms with Crippen molar-refractivity contribution in [2.75, 3.05) is 37.4 Å². The number of hydrogen-bond acceptors (Lipinski definition) is 4. The van der Waals surface area contributed by atoms with Gasteiger partial charge in [0, 0.05) is 36.5 Å². The number of halogens is 2. The maximum atomic E-state index is 12.1. The smallest absolute Gasteiger partial charge is 0.251 e. The van der Waals surface area contributed by atoms with Crippen LogP contribution in [0.1, 0.15) is 16.8 Å². The lowest BCUT2D eigenvalue weighted by atomic mass is 10.2. The fourth-order valence-corrected chi connectivity index (χ4v) is 2.71. The summed E-state index contributed by atoms with van der Waals surface area (Å²) in [4.78, 5) is 24.2. The van der Waals surface area contributed by atoms with E-state index in [0.29, 0.717) is 40.1 Å². The Hall–Kier alpha value is -2.28. The number of rotatable bonds is 9. The second-order valence-corrected chi connectivity index (χ2v) is 6.55. The van der Waals surface area contributed by atoms with Crippen LogP contribution in [0.3, 0.4) is 0 Å². The molecule has 6 nitrogen and oxygen atoms in total. The Kier molecular flexibility index (Phi) is 8.39. The molecule has 0 spiro atoms. The van der Waals surface area contributed by atoms with Gasteiger partial charge >= 0.3 is 0 Å². The normalized spacial score (nSPS) is 10.3. The monoisotopic (exact) mass is 409 g/mol. The van der Waals surface area contributed by atoms with E-state index in [2.05, 4.69) is 16.0 Å². The van der Waals surface area contributed by atoms with Crippen molar-refractivity contribution in [2.24, 2.45) is 0 Å². The van der Waals surface area contributed by atoms with Gasteiger partial charge in [-0.1, -0.05) is 29.3 Å². The number of hydrogen-bond donors (Lipinski definition) is 3. The molecule has 0 unspecified atom stereocenters. The predicted octanol–water partition coefficient (Wildman–Crippen LogP) is 3.81. The molecule has 3 N–H and O–H groups in total. The van der Waals surface area contributed by atoms with Crippen molar-refractivity contribution >= 4 is 46.4 Å². The molecule has 2 aromatic rings. The number of anilines is 2. The van der Waals surface area contributed by atoms with Gasteiger partial charge in [0.1, 0.15) is 0 Å². The lowest BCUT2D eigenvalue weighted by Crippen LogP contribution is -2.25. The Labute approximate surface area is 168 Å². The van der Waals surface area contributed by atoms with Crippen LogP contribution in [-0.4, -0.2) is 38.6 Å². The predicted molar refractivity (Wildman–Crippen MR) is 109 cm³/mol. The molecule has 0 saturated heterocycles. The molecule has 0 radical (unpaired) electrons. The molecular formula is C19H21Cl2N3O3. The van der Waals surface area contributed by atoms with Gasteiger partial charge in [-0.3, -0.25) is 9.59 Å². The van der Waals surface area contributed by atoms with Crippen LogP contribution < -0.4 is 16.0 Å². The molecule has 0 fully saturated rings. The summed E-state index contributed by atoms with van der Waals surface area (Å²) in [6.07, 6.45) is 0.744. The minimum absolute atomic E-state index is 0.0257. The molecule has 2 amide bonds. The van der Waals surface area contributed by atoms with Crippen LogP contribution in [0.4, 0.5) is 11.4 Å². The van der Waals surface area contributed by atoms with Gasteiger partial charge in [0.05, 0.1) is 17.3 Å². The van der Waals surface area contributed by atoms with Crippen LogP contribution in [0.25, 0.3) is 0 Å². The molecule has 2 rings (SSSR count). The standard InChI is InChI=1S/C19H21Cl2N3O3/c1-27-9-3-8-22-19(26)13-4-2-5-15(10-13)23-12-18(25)24-17-7-6-14(20)11-16(17)21/h2,4-7,10-11,23H,3,8-9,12H2,1H3,(H,22,26)(H,24,25). The number of methoxy groups -OCH3 is 1. The first-order valence-corrected chi connectivity index (χ1v) is 9.11. The van der Waals surface area contributed by atoms with E-state index in [0.717, 1.165) is 6.42 Å². The molecule has 0 bridgehead atoms. The van der Waals surface area contributed by atoms with E-state index < -0.39 is 0 Å². The van der Waals surface area contributed by atoms with Crippen LogP contribution in [0.2, 0.25) is 10.0 Å². The summed E-state index contributed by atoms with van der Waals surface area (Å²) in [5.41, 5.74) is 1.66. The molecule has 0 saturated carbocycles. The molecule has 0 atom stereocenters. The number of carbonyl (C=O) groups is 2. The van der Waals surface area contributed by atoms with Crippen molar-refractivity contribution in [3.8, 4) is 0 Å². The van der Waals surface area contributed by atoms with Crippen molar-refractivity contribution in [3.05, 3.63) is 58.1 Å². The van der Waals surface area contributed by atoms with Crippen molar-refractivity contribution in [1.82, 2.24) is 5.32 Å². The van der Waals surface area contributed by atoms with Crippen LogP contribution >= 0.6 is 23.2 Å². The van der Waals surface area contributed by atoms with Gasteiger partial charge in [0.25, 0.3) is 5.91 Å². The van der Waals surface area contributed by atoms with E-state index >= 15 is 0 Å². The molecule has 0 aliphatic rings. The highest BCUT2D eigenvalue weighted by Crippen LogP contribution is 2.25. The fraction of sp³-hybridized carbons (Fsp3) is 0.263. The SMILES string of the molecule is COCCCNC(=O)c1cccc(NCC(=O)Nc2ccc(Cl)cc2Cl)c1. The minimum Gasteiger partial charge on any atom is -0.385 e. The highest BCUT2D eigenvalue weighted by atomic mass is 35.5. The summed E-state index contributed by atoms with van der Waals surface area (Å²) >= 11 is 11.9. The highest BCUT2D eigenvalue weighted by Gasteiger charge is 2.08. The van der Waals surface area contributed by atoms with Crippen molar-refractivity contribution in [3.63, 3.8) is 0 Å². The Balaban J connectivity index is 1.86. The lowest BCUT2D eigenvalue weighted by molar-refractivity contribution is -0.114. The second kappa shape index (κ2) is 10.8. The number of amides is 2. The van der Waals surface area contributed by atoms with Crippen molar-refractivity contribution in [2.45, 2.75) is 6.42 Å². The van der Waals surface area contributed by atoms with E-state index in [9.17, 15) is 9.59 Å². The molecule has 144 valence electrons. The van der Waals surface area contributed by atoms with Gasteiger partial charge in [0.2, 0.25) is 5.91 Å². The first-order chi connectivity index (χ1) is 13.0. The third-order valence-corrected chi connectivity index (χ3v) is 4.14. The van der Waals surface area contributed by atoms with E-state index in [-0.39, 0.29) is 18.4 Å². The molecule has 2 aromatic carbocycles. The number of nitrogens with one attached hydrogen (secondary N) is 3. The summed E-state index contributed by atoms with van der Waals surface area (Å²) in [5, 5.41) is 9.36. The third-order valence-electron chi connectivity index (χ3n) is 3.59. The first kappa shape index (κ1) is 21.0. The van der Waals surface area contributed by atoms with Gasteiger partial charge in [-0.05, 0) is 42.8 Å². The number of carbonyl (C=O) groups excluding carboxylic acids is 2. The van der Waals surface area contributed by atoms with Gasteiger partial charge in [-0.25, -0.2) is 0 Å². The highest BCUT2D eigenvalue weighted by molar-refractivity contribution is 6.36. The van der Waals surface area contributed by atoms with Crippen molar-refractivity contribution in [1.29, 1.82) is 0 Å². The fourth-order valence-electron chi connectivity index (χ4n) is 2.26. The lowest BCUT2D eigenvalue weighted by Gasteiger charge is -2.10. The topological polar surface area (TPSA) is 79.5 Å². The third kappa shape index (κ3) is 7.09. The largest absolute Gasteiger partial charge is 0.385 e. The second-order valence-electron chi connectivity index (χ2n) is 5.71. The Morgan fingerprint density at radius 1 is 1.11 bits per heavy atom. The maximum Gasteiger partial charge on any atom is 0.251 e. The first-order valence-electron chi connectivity index (χ1n) is 8.35. The zero-order valence-corrected chi connectivity index (χ0v) is 16.4. The van der Waals surface area contributed by atoms with Crippen molar-refractivity contribution < 1.29 is 14.3 Å². The van der Waals surface area contributed by atoms with E-state index in [1.807, 2.05) is 0 Å². The Bertz CT molecular complexity index is 800. The maximum absolute atomic E-state index is 12.1. The van der Waals surface area contributed by atoms with Crippen LogP contribution in [-0.2, 0) is 9.53 Å². The van der Waals surface area contributed by atoms with E-state index in [4.69, 9.17) is 27.9 Å². The molecule has 0 aliphatic heterocycles. The van der Waals surface area contributed by atoms with E-state index in [1.54, 1.807) is 49.6 Å². The molecule has 0 aliphatic carbocycles. The van der Waals surface area contributed by atoms with Gasteiger partial charge in [-0.2, -0.15) is 0 Å². The zero-order valence-electron chi connectivity index (χ0n) is 14.9. The van der Waals surface area contributed by atoms with E-state index in [1.165, 1.54) is 0 Å². The summed E-state index contributed by atoms with van der Waals surface area (Å²) in [6, 6.07) is 11.8. The minimum atomic E-state index is -0.270. The summed E-state index contributed by atoms with van der Waals surface area (Å²) in [5.74, 6) is -0.444. The van der Waals surface area contributed by atoms with Gasteiger partial charge in [0.15, 0.2) is 0 Å². The molecule has 0 heterocycles. The average Bonchev–Trinajstić information content (AvgIpc) is 2.66. The summed E-state index contributed by atoms with van der Waals surface area (Å²) < 4.78 is 4.94.